The van der Waals surface area contributed by atoms with Crippen molar-refractivity contribution in [3.63, 3.8) is 0 Å². The van der Waals surface area contributed by atoms with Gasteiger partial charge in [0.05, 0.1) is 6.20 Å². The molecule has 2 heterocycles. The summed E-state index contributed by atoms with van der Waals surface area (Å²) < 4.78 is 0. The van der Waals surface area contributed by atoms with Gasteiger partial charge in [-0.05, 0) is 18.1 Å². The van der Waals surface area contributed by atoms with Gasteiger partial charge in [0.15, 0.2) is 0 Å². The quantitative estimate of drug-likeness (QED) is 0.811. The first-order valence-corrected chi connectivity index (χ1v) is 5.03. The zero-order valence-electron chi connectivity index (χ0n) is 8.68. The maximum absolute atomic E-state index is 11.5. The number of aryl methyl sites for hydroxylation is 1. The second-order valence-electron chi connectivity index (χ2n) is 3.38. The molecule has 0 saturated carbocycles. The number of hydrogen-bond donors (Lipinski definition) is 2. The van der Waals surface area contributed by atoms with E-state index < -0.39 is 0 Å². The summed E-state index contributed by atoms with van der Waals surface area (Å²) in [6, 6.07) is 5.53. The lowest BCUT2D eigenvalue weighted by Crippen LogP contribution is -2.12. The van der Waals surface area contributed by atoms with Crippen molar-refractivity contribution in [2.45, 2.75) is 12.8 Å². The molecule has 0 aromatic carbocycles. The minimum Gasteiger partial charge on any atom is -0.311 e. The Morgan fingerprint density at radius 3 is 3.00 bits per heavy atom. The summed E-state index contributed by atoms with van der Waals surface area (Å²) in [4.78, 5) is 15.5. The molecule has 2 aromatic heterocycles. The number of aromatic amines is 1. The van der Waals surface area contributed by atoms with Crippen LogP contribution in [0.3, 0.4) is 0 Å². The van der Waals surface area contributed by atoms with Gasteiger partial charge in [0.1, 0.15) is 5.82 Å². The molecular weight excluding hydrogens is 204 g/mol. The third kappa shape index (κ3) is 2.91. The molecule has 2 aromatic rings. The molecule has 5 nitrogen and oxygen atoms in total. The van der Waals surface area contributed by atoms with Crippen molar-refractivity contribution in [1.29, 1.82) is 0 Å². The van der Waals surface area contributed by atoms with Crippen molar-refractivity contribution in [1.82, 2.24) is 15.2 Å². The van der Waals surface area contributed by atoms with E-state index in [-0.39, 0.29) is 5.91 Å². The molecule has 0 bridgehead atoms. The van der Waals surface area contributed by atoms with Gasteiger partial charge < -0.3 is 5.32 Å². The van der Waals surface area contributed by atoms with Crippen LogP contribution in [0.5, 0.6) is 0 Å². The van der Waals surface area contributed by atoms with Crippen LogP contribution in [0.2, 0.25) is 0 Å². The van der Waals surface area contributed by atoms with E-state index in [1.807, 2.05) is 12.1 Å². The molecular formula is C11H12N4O. The Morgan fingerprint density at radius 1 is 1.38 bits per heavy atom. The van der Waals surface area contributed by atoms with Crippen LogP contribution in [0.15, 0.2) is 36.8 Å². The summed E-state index contributed by atoms with van der Waals surface area (Å²) in [5, 5.41) is 9.13. The Bertz CT molecular complexity index is 438. The Balaban J connectivity index is 1.80. The first-order chi connectivity index (χ1) is 7.84. The summed E-state index contributed by atoms with van der Waals surface area (Å²) in [6.07, 6.45) is 6.20. The fourth-order valence-corrected chi connectivity index (χ4v) is 1.34. The van der Waals surface area contributed by atoms with E-state index in [0.29, 0.717) is 18.7 Å². The number of anilines is 1. The number of carbonyl (C=O) groups excluding carboxylic acids is 1. The minimum atomic E-state index is -0.0342. The first kappa shape index (κ1) is 10.4. The highest BCUT2D eigenvalue weighted by molar-refractivity contribution is 5.89. The molecule has 0 fully saturated rings. The maximum Gasteiger partial charge on any atom is 0.225 e. The smallest absolute Gasteiger partial charge is 0.225 e. The summed E-state index contributed by atoms with van der Waals surface area (Å²) in [7, 11) is 0. The first-order valence-electron chi connectivity index (χ1n) is 5.03. The van der Waals surface area contributed by atoms with Gasteiger partial charge in [0.2, 0.25) is 5.91 Å². The predicted molar refractivity (Wildman–Crippen MR) is 59.8 cm³/mol. The van der Waals surface area contributed by atoms with E-state index in [2.05, 4.69) is 20.5 Å². The van der Waals surface area contributed by atoms with Crippen molar-refractivity contribution < 1.29 is 4.79 Å². The fourth-order valence-electron chi connectivity index (χ4n) is 1.34. The molecule has 0 aliphatic rings. The third-order valence-corrected chi connectivity index (χ3v) is 2.14. The average Bonchev–Trinajstić information content (AvgIpc) is 2.81. The van der Waals surface area contributed by atoms with E-state index in [4.69, 9.17) is 0 Å². The number of carbonyl (C=O) groups is 1. The Labute approximate surface area is 92.9 Å². The van der Waals surface area contributed by atoms with Crippen molar-refractivity contribution in [3.05, 3.63) is 42.4 Å². The van der Waals surface area contributed by atoms with Gasteiger partial charge in [-0.25, -0.2) is 0 Å². The van der Waals surface area contributed by atoms with Crippen LogP contribution in [0.4, 0.5) is 5.82 Å². The van der Waals surface area contributed by atoms with Crippen molar-refractivity contribution in [2.75, 3.05) is 5.32 Å². The average molecular weight is 216 g/mol. The van der Waals surface area contributed by atoms with Gasteiger partial charge in [0.25, 0.3) is 0 Å². The van der Waals surface area contributed by atoms with Crippen LogP contribution in [-0.4, -0.2) is 21.1 Å². The summed E-state index contributed by atoms with van der Waals surface area (Å²) in [5.41, 5.74) is 1.06. The number of nitrogens with zero attached hydrogens (tertiary/aromatic N) is 2. The Kier molecular flexibility index (Phi) is 3.28. The van der Waals surface area contributed by atoms with Gasteiger partial charge in [-0.2, -0.15) is 5.10 Å². The monoisotopic (exact) mass is 216 g/mol. The molecule has 0 aliphatic carbocycles. The minimum absolute atomic E-state index is 0.0342. The number of H-pyrrole nitrogens is 1. The van der Waals surface area contributed by atoms with Crippen LogP contribution >= 0.6 is 0 Å². The molecule has 0 atom stereocenters. The molecule has 5 heteroatoms. The van der Waals surface area contributed by atoms with E-state index in [0.717, 1.165) is 5.56 Å². The second-order valence-corrected chi connectivity index (χ2v) is 3.38. The van der Waals surface area contributed by atoms with Crippen molar-refractivity contribution >= 4 is 11.7 Å². The Hall–Kier alpha value is -2.17. The lowest BCUT2D eigenvalue weighted by atomic mass is 10.1. The van der Waals surface area contributed by atoms with Crippen molar-refractivity contribution in [3.8, 4) is 0 Å². The highest BCUT2D eigenvalue weighted by Gasteiger charge is 2.03. The number of rotatable bonds is 4. The summed E-state index contributed by atoms with van der Waals surface area (Å²) in [5.74, 6) is 0.587. The second kappa shape index (κ2) is 5.06. The van der Waals surface area contributed by atoms with Gasteiger partial charge >= 0.3 is 0 Å². The van der Waals surface area contributed by atoms with Gasteiger partial charge in [-0.15, -0.1) is 0 Å². The molecule has 16 heavy (non-hydrogen) atoms. The lowest BCUT2D eigenvalue weighted by Gasteiger charge is -2.02. The standard InChI is InChI=1S/C11H12N4O/c16-11(14-10-5-7-13-15-10)4-3-9-2-1-6-12-8-9/h1-2,5-8H,3-4H2,(H2,13,14,15,16). The van der Waals surface area contributed by atoms with E-state index in [9.17, 15) is 4.79 Å². The zero-order valence-corrected chi connectivity index (χ0v) is 8.68. The predicted octanol–water partition coefficient (Wildman–Crippen LogP) is 1.38. The number of amides is 1. The molecule has 2 N–H and O–H groups in total. The maximum atomic E-state index is 11.5. The van der Waals surface area contributed by atoms with Crippen LogP contribution in [0.25, 0.3) is 0 Å². The molecule has 82 valence electrons. The summed E-state index contributed by atoms with van der Waals surface area (Å²) in [6.45, 7) is 0. The number of hydrogen-bond acceptors (Lipinski definition) is 3. The highest BCUT2D eigenvalue weighted by atomic mass is 16.1. The molecule has 0 spiro atoms. The molecule has 0 radical (unpaired) electrons. The summed E-state index contributed by atoms with van der Waals surface area (Å²) >= 11 is 0. The van der Waals surface area contributed by atoms with Gasteiger partial charge in [-0.3, -0.25) is 14.9 Å². The Morgan fingerprint density at radius 2 is 2.31 bits per heavy atom. The molecule has 0 aliphatic heterocycles. The fraction of sp³-hybridized carbons (Fsp3) is 0.182. The van der Waals surface area contributed by atoms with Crippen LogP contribution in [0.1, 0.15) is 12.0 Å². The van der Waals surface area contributed by atoms with Crippen LogP contribution in [0, 0.1) is 0 Å². The number of pyridine rings is 1. The molecule has 1 amide bonds. The van der Waals surface area contributed by atoms with E-state index in [1.165, 1.54) is 0 Å². The van der Waals surface area contributed by atoms with Gasteiger partial charge in [-0.1, -0.05) is 6.07 Å². The number of nitrogens with one attached hydrogen (secondary N) is 2. The van der Waals surface area contributed by atoms with Crippen LogP contribution < -0.4 is 5.32 Å². The highest BCUT2D eigenvalue weighted by Crippen LogP contribution is 2.03. The molecule has 0 saturated heterocycles. The number of aromatic nitrogens is 3. The lowest BCUT2D eigenvalue weighted by molar-refractivity contribution is -0.116. The van der Waals surface area contributed by atoms with Gasteiger partial charge in [0, 0.05) is 24.9 Å². The largest absolute Gasteiger partial charge is 0.311 e. The third-order valence-electron chi connectivity index (χ3n) is 2.14. The topological polar surface area (TPSA) is 70.7 Å². The zero-order chi connectivity index (χ0) is 11.2. The van der Waals surface area contributed by atoms with Crippen molar-refractivity contribution in [2.24, 2.45) is 0 Å². The normalized spacial score (nSPS) is 10.0. The SMILES string of the molecule is O=C(CCc1cccnc1)Nc1ccn[nH]1. The van der Waals surface area contributed by atoms with E-state index in [1.54, 1.807) is 24.7 Å². The molecule has 0 unspecified atom stereocenters. The van der Waals surface area contributed by atoms with E-state index >= 15 is 0 Å². The van der Waals surface area contributed by atoms with Crippen LogP contribution in [-0.2, 0) is 11.2 Å². The molecule has 2 rings (SSSR count).